The van der Waals surface area contributed by atoms with Crippen molar-refractivity contribution < 1.29 is 14.6 Å². The molecule has 1 rings (SSSR count). The van der Waals surface area contributed by atoms with Gasteiger partial charge in [0.15, 0.2) is 5.78 Å². The minimum absolute atomic E-state index is 0.0385. The predicted octanol–water partition coefficient (Wildman–Crippen LogP) is 2.55. The van der Waals surface area contributed by atoms with Crippen LogP contribution >= 0.6 is 0 Å². The van der Waals surface area contributed by atoms with Crippen molar-refractivity contribution in [1.82, 2.24) is 0 Å². The average Bonchev–Trinajstić information content (AvgIpc) is 2.25. The van der Waals surface area contributed by atoms with Gasteiger partial charge in [0, 0.05) is 12.5 Å². The molecule has 0 heterocycles. The molecular formula is C12H14O3. The Balaban J connectivity index is 2.87. The number of phenolic OH excluding ortho intramolecular Hbond substituents is 1. The van der Waals surface area contributed by atoms with E-state index in [1.54, 1.807) is 25.1 Å². The standard InChI is InChI=1S/C12H14O3/c1-3-7-15-9-5-6-10(11(13)4-2)12(14)8-9/h3,5-6,8,14H,1,4,7H2,2H3. The Bertz CT molecular complexity index is 369. The first-order valence-corrected chi connectivity index (χ1v) is 4.79. The van der Waals surface area contributed by atoms with Gasteiger partial charge in [-0.3, -0.25) is 4.79 Å². The van der Waals surface area contributed by atoms with E-state index in [9.17, 15) is 9.90 Å². The molecule has 0 spiro atoms. The lowest BCUT2D eigenvalue weighted by Crippen LogP contribution is -1.98. The van der Waals surface area contributed by atoms with Gasteiger partial charge < -0.3 is 9.84 Å². The van der Waals surface area contributed by atoms with Crippen molar-refractivity contribution in [3.8, 4) is 11.5 Å². The van der Waals surface area contributed by atoms with E-state index in [2.05, 4.69) is 6.58 Å². The maximum Gasteiger partial charge on any atom is 0.166 e. The van der Waals surface area contributed by atoms with Gasteiger partial charge >= 0.3 is 0 Å². The summed E-state index contributed by atoms with van der Waals surface area (Å²) in [5.74, 6) is 0.409. The van der Waals surface area contributed by atoms with Crippen molar-refractivity contribution in [3.05, 3.63) is 36.4 Å². The summed E-state index contributed by atoms with van der Waals surface area (Å²) in [7, 11) is 0. The molecule has 0 aromatic heterocycles. The molecule has 1 aromatic carbocycles. The maximum absolute atomic E-state index is 11.3. The summed E-state index contributed by atoms with van der Waals surface area (Å²) in [6.45, 7) is 5.64. The Morgan fingerprint density at radius 3 is 2.87 bits per heavy atom. The summed E-state index contributed by atoms with van der Waals surface area (Å²) in [5.41, 5.74) is 0.337. The largest absolute Gasteiger partial charge is 0.507 e. The van der Waals surface area contributed by atoms with E-state index in [0.717, 1.165) is 0 Å². The van der Waals surface area contributed by atoms with Crippen molar-refractivity contribution in [1.29, 1.82) is 0 Å². The van der Waals surface area contributed by atoms with Crippen LogP contribution in [0, 0.1) is 0 Å². The minimum atomic E-state index is -0.0808. The molecule has 0 amide bonds. The van der Waals surface area contributed by atoms with Crippen molar-refractivity contribution in [2.45, 2.75) is 13.3 Å². The fraction of sp³-hybridized carbons (Fsp3) is 0.250. The first-order valence-electron chi connectivity index (χ1n) is 4.79. The van der Waals surface area contributed by atoms with Crippen molar-refractivity contribution in [2.75, 3.05) is 6.61 Å². The zero-order valence-electron chi connectivity index (χ0n) is 8.69. The van der Waals surface area contributed by atoms with Crippen LogP contribution in [0.2, 0.25) is 0 Å². The lowest BCUT2D eigenvalue weighted by molar-refractivity contribution is 0.0985. The number of hydrogen-bond donors (Lipinski definition) is 1. The SMILES string of the molecule is C=CCOc1ccc(C(=O)CC)c(O)c1. The first kappa shape index (κ1) is 11.3. The van der Waals surface area contributed by atoms with E-state index < -0.39 is 0 Å². The second-order valence-corrected chi connectivity index (χ2v) is 3.06. The van der Waals surface area contributed by atoms with Crippen LogP contribution in [0.25, 0.3) is 0 Å². The van der Waals surface area contributed by atoms with E-state index in [0.29, 0.717) is 24.3 Å². The lowest BCUT2D eigenvalue weighted by atomic mass is 10.1. The summed E-state index contributed by atoms with van der Waals surface area (Å²) >= 11 is 0. The Hall–Kier alpha value is -1.77. The normalized spacial score (nSPS) is 9.67. The number of rotatable bonds is 5. The molecule has 0 fully saturated rings. The highest BCUT2D eigenvalue weighted by Gasteiger charge is 2.09. The van der Waals surface area contributed by atoms with Crippen LogP contribution < -0.4 is 4.74 Å². The fourth-order valence-corrected chi connectivity index (χ4v) is 1.18. The molecule has 0 aliphatic carbocycles. The second-order valence-electron chi connectivity index (χ2n) is 3.06. The van der Waals surface area contributed by atoms with Crippen LogP contribution in [0.4, 0.5) is 0 Å². The lowest BCUT2D eigenvalue weighted by Gasteiger charge is -2.06. The van der Waals surface area contributed by atoms with Crippen LogP contribution in [-0.2, 0) is 0 Å². The van der Waals surface area contributed by atoms with Gasteiger partial charge in [-0.2, -0.15) is 0 Å². The molecule has 80 valence electrons. The highest BCUT2D eigenvalue weighted by Crippen LogP contribution is 2.24. The molecule has 0 radical (unpaired) electrons. The molecule has 3 heteroatoms. The Morgan fingerprint density at radius 1 is 1.60 bits per heavy atom. The average molecular weight is 206 g/mol. The Morgan fingerprint density at radius 2 is 2.33 bits per heavy atom. The molecule has 1 aromatic rings. The van der Waals surface area contributed by atoms with Gasteiger partial charge in [0.1, 0.15) is 18.1 Å². The topological polar surface area (TPSA) is 46.5 Å². The third kappa shape index (κ3) is 2.84. The number of Topliss-reactive ketones (excluding diaryl/α,β-unsaturated/α-hetero) is 1. The summed E-state index contributed by atoms with van der Waals surface area (Å²) in [5, 5.41) is 9.57. The minimum Gasteiger partial charge on any atom is -0.507 e. The first-order chi connectivity index (χ1) is 7.19. The van der Waals surface area contributed by atoms with E-state index >= 15 is 0 Å². The summed E-state index contributed by atoms with van der Waals surface area (Å²) in [6, 6.07) is 4.66. The van der Waals surface area contributed by atoms with Gasteiger partial charge in [-0.1, -0.05) is 19.6 Å². The molecule has 1 N–H and O–H groups in total. The molecule has 0 unspecified atom stereocenters. The van der Waals surface area contributed by atoms with E-state index in [1.807, 2.05) is 0 Å². The number of hydrogen-bond acceptors (Lipinski definition) is 3. The van der Waals surface area contributed by atoms with E-state index in [-0.39, 0.29) is 11.5 Å². The molecular weight excluding hydrogens is 192 g/mol. The summed E-state index contributed by atoms with van der Waals surface area (Å²) in [4.78, 5) is 11.3. The van der Waals surface area contributed by atoms with Crippen LogP contribution in [0.15, 0.2) is 30.9 Å². The zero-order chi connectivity index (χ0) is 11.3. The number of carbonyl (C=O) groups excluding carboxylic acids is 1. The quantitative estimate of drug-likeness (QED) is 0.595. The van der Waals surface area contributed by atoms with Gasteiger partial charge in [0.25, 0.3) is 0 Å². The van der Waals surface area contributed by atoms with Gasteiger partial charge in [0.05, 0.1) is 5.56 Å². The zero-order valence-corrected chi connectivity index (χ0v) is 8.69. The number of phenols is 1. The van der Waals surface area contributed by atoms with Gasteiger partial charge in [-0.25, -0.2) is 0 Å². The van der Waals surface area contributed by atoms with Crippen molar-refractivity contribution in [3.63, 3.8) is 0 Å². The van der Waals surface area contributed by atoms with Gasteiger partial charge in [-0.15, -0.1) is 0 Å². The third-order valence-corrected chi connectivity index (χ3v) is 1.96. The highest BCUT2D eigenvalue weighted by atomic mass is 16.5. The second kappa shape index (κ2) is 5.20. The van der Waals surface area contributed by atoms with E-state index in [1.165, 1.54) is 6.07 Å². The molecule has 15 heavy (non-hydrogen) atoms. The molecule has 0 bridgehead atoms. The maximum atomic E-state index is 11.3. The molecule has 0 saturated carbocycles. The molecule has 0 atom stereocenters. The van der Waals surface area contributed by atoms with Crippen molar-refractivity contribution in [2.24, 2.45) is 0 Å². The van der Waals surface area contributed by atoms with Crippen LogP contribution in [-0.4, -0.2) is 17.5 Å². The number of carbonyl (C=O) groups is 1. The number of aromatic hydroxyl groups is 1. The van der Waals surface area contributed by atoms with E-state index in [4.69, 9.17) is 4.74 Å². The number of ketones is 1. The van der Waals surface area contributed by atoms with Crippen LogP contribution in [0.1, 0.15) is 23.7 Å². The fourth-order valence-electron chi connectivity index (χ4n) is 1.18. The Kier molecular flexibility index (Phi) is 3.92. The van der Waals surface area contributed by atoms with Gasteiger partial charge in [0.2, 0.25) is 0 Å². The number of ether oxygens (including phenoxy) is 1. The van der Waals surface area contributed by atoms with Crippen LogP contribution in [0.5, 0.6) is 11.5 Å². The highest BCUT2D eigenvalue weighted by molar-refractivity contribution is 5.98. The van der Waals surface area contributed by atoms with Gasteiger partial charge in [-0.05, 0) is 12.1 Å². The smallest absolute Gasteiger partial charge is 0.166 e. The van der Waals surface area contributed by atoms with Crippen LogP contribution in [0.3, 0.4) is 0 Å². The Labute approximate surface area is 89.0 Å². The molecule has 0 saturated heterocycles. The molecule has 0 aliphatic heterocycles. The van der Waals surface area contributed by atoms with Crippen molar-refractivity contribution >= 4 is 5.78 Å². The summed E-state index contributed by atoms with van der Waals surface area (Å²) in [6.07, 6.45) is 1.99. The summed E-state index contributed by atoms with van der Waals surface area (Å²) < 4.78 is 5.22. The monoisotopic (exact) mass is 206 g/mol. The third-order valence-electron chi connectivity index (χ3n) is 1.96. The molecule has 3 nitrogen and oxygen atoms in total. The molecule has 0 aliphatic rings. The predicted molar refractivity (Wildman–Crippen MR) is 58.4 cm³/mol. The number of benzene rings is 1.